The van der Waals surface area contributed by atoms with Crippen molar-refractivity contribution in [2.45, 2.75) is 6.10 Å². The van der Waals surface area contributed by atoms with E-state index in [9.17, 15) is 5.11 Å². The Morgan fingerprint density at radius 2 is 2.00 bits per heavy atom. The van der Waals surface area contributed by atoms with Crippen LogP contribution in [0.4, 0.5) is 0 Å². The van der Waals surface area contributed by atoms with Gasteiger partial charge in [0, 0.05) is 27.5 Å². The molecule has 78 valence electrons. The van der Waals surface area contributed by atoms with E-state index in [0.717, 1.165) is 0 Å². The Bertz CT molecular complexity index is 454. The summed E-state index contributed by atoms with van der Waals surface area (Å²) in [5.41, 5.74) is 1.30. The molecular weight excluding hydrogens is 233 g/mol. The number of rotatable bonds is 2. The van der Waals surface area contributed by atoms with E-state index in [4.69, 9.17) is 23.2 Å². The van der Waals surface area contributed by atoms with Gasteiger partial charge in [-0.3, -0.25) is 0 Å². The summed E-state index contributed by atoms with van der Waals surface area (Å²) in [5, 5.41) is 11.1. The van der Waals surface area contributed by atoms with Gasteiger partial charge in [0.15, 0.2) is 0 Å². The molecule has 2 rings (SSSR count). The molecule has 1 atom stereocenters. The zero-order valence-electron chi connectivity index (χ0n) is 7.74. The summed E-state index contributed by atoms with van der Waals surface area (Å²) in [7, 11) is 0. The Morgan fingerprint density at radius 3 is 2.67 bits per heavy atom. The van der Waals surface area contributed by atoms with Crippen molar-refractivity contribution in [1.29, 1.82) is 0 Å². The molecule has 2 nitrogen and oxygen atoms in total. The molecule has 0 spiro atoms. The average Bonchev–Trinajstić information content (AvgIpc) is 2.74. The highest BCUT2D eigenvalue weighted by atomic mass is 35.5. The van der Waals surface area contributed by atoms with Gasteiger partial charge in [-0.1, -0.05) is 23.2 Å². The van der Waals surface area contributed by atoms with E-state index in [0.29, 0.717) is 21.3 Å². The lowest BCUT2D eigenvalue weighted by molar-refractivity contribution is 0.216. The molecule has 0 aliphatic carbocycles. The minimum Gasteiger partial charge on any atom is -0.382 e. The van der Waals surface area contributed by atoms with E-state index < -0.39 is 6.10 Å². The van der Waals surface area contributed by atoms with Crippen LogP contribution in [0.25, 0.3) is 0 Å². The normalized spacial score (nSPS) is 12.7. The Morgan fingerprint density at radius 1 is 1.20 bits per heavy atom. The Balaban J connectivity index is 2.41. The van der Waals surface area contributed by atoms with Crippen LogP contribution in [0, 0.1) is 0 Å². The summed E-state index contributed by atoms with van der Waals surface area (Å²) in [6.45, 7) is 0. The topological polar surface area (TPSA) is 36.0 Å². The molecule has 0 aliphatic rings. The predicted octanol–water partition coefficient (Wildman–Crippen LogP) is 3.40. The fraction of sp³-hybridized carbons (Fsp3) is 0.0909. The molecule has 1 unspecified atom stereocenters. The summed E-state index contributed by atoms with van der Waals surface area (Å²) >= 11 is 11.8. The van der Waals surface area contributed by atoms with Crippen LogP contribution >= 0.6 is 23.2 Å². The van der Waals surface area contributed by atoms with Crippen LogP contribution < -0.4 is 0 Å². The Labute approximate surface area is 97.5 Å². The van der Waals surface area contributed by atoms with Gasteiger partial charge in [0.1, 0.15) is 6.10 Å². The fourth-order valence-electron chi connectivity index (χ4n) is 1.41. The molecule has 1 heterocycles. The maximum atomic E-state index is 10.0. The number of hydrogen-bond donors (Lipinski definition) is 2. The number of aliphatic hydroxyl groups excluding tert-OH is 1. The smallest absolute Gasteiger partial charge is 0.120 e. The molecule has 0 saturated heterocycles. The van der Waals surface area contributed by atoms with Gasteiger partial charge in [-0.25, -0.2) is 0 Å². The number of benzene rings is 1. The van der Waals surface area contributed by atoms with E-state index in [1.54, 1.807) is 30.5 Å². The molecule has 15 heavy (non-hydrogen) atoms. The summed E-state index contributed by atoms with van der Waals surface area (Å²) in [6.07, 6.45) is 0.975. The second-order valence-corrected chi connectivity index (χ2v) is 4.04. The highest BCUT2D eigenvalue weighted by Crippen LogP contribution is 2.29. The van der Waals surface area contributed by atoms with Crippen molar-refractivity contribution in [2.24, 2.45) is 0 Å². The predicted molar refractivity (Wildman–Crippen MR) is 61.3 cm³/mol. The SMILES string of the molecule is OC(c1ccc[nH]1)c1cc(Cl)ccc1Cl. The largest absolute Gasteiger partial charge is 0.382 e. The summed E-state index contributed by atoms with van der Waals surface area (Å²) in [6, 6.07) is 8.63. The van der Waals surface area contributed by atoms with E-state index >= 15 is 0 Å². The molecule has 0 fully saturated rings. The number of aromatic amines is 1. The standard InChI is InChI=1S/C11H9Cl2NO/c12-7-3-4-9(13)8(6-7)11(15)10-2-1-5-14-10/h1-6,11,14-15H. The molecule has 0 amide bonds. The zero-order valence-corrected chi connectivity index (χ0v) is 9.26. The third-order valence-corrected chi connectivity index (χ3v) is 2.75. The van der Waals surface area contributed by atoms with Crippen molar-refractivity contribution in [2.75, 3.05) is 0 Å². The number of hydrogen-bond acceptors (Lipinski definition) is 1. The van der Waals surface area contributed by atoms with Crippen molar-refractivity contribution < 1.29 is 5.11 Å². The van der Waals surface area contributed by atoms with Crippen molar-refractivity contribution >= 4 is 23.2 Å². The van der Waals surface area contributed by atoms with Gasteiger partial charge >= 0.3 is 0 Å². The molecule has 2 N–H and O–H groups in total. The molecule has 0 aliphatic heterocycles. The van der Waals surface area contributed by atoms with Gasteiger partial charge in [-0.05, 0) is 30.3 Å². The van der Waals surface area contributed by atoms with Crippen LogP contribution in [0.5, 0.6) is 0 Å². The second-order valence-electron chi connectivity index (χ2n) is 3.19. The van der Waals surface area contributed by atoms with Crippen molar-refractivity contribution in [3.8, 4) is 0 Å². The van der Waals surface area contributed by atoms with Gasteiger partial charge in [0.2, 0.25) is 0 Å². The van der Waals surface area contributed by atoms with Gasteiger partial charge in [0.25, 0.3) is 0 Å². The molecule has 0 bridgehead atoms. The number of aromatic nitrogens is 1. The van der Waals surface area contributed by atoms with Crippen LogP contribution in [0.3, 0.4) is 0 Å². The first-order valence-electron chi connectivity index (χ1n) is 4.45. The summed E-state index contributed by atoms with van der Waals surface area (Å²) in [4.78, 5) is 2.93. The molecule has 0 radical (unpaired) electrons. The highest BCUT2D eigenvalue weighted by Gasteiger charge is 2.14. The van der Waals surface area contributed by atoms with E-state index in [1.807, 2.05) is 6.07 Å². The summed E-state index contributed by atoms with van der Waals surface area (Å²) in [5.74, 6) is 0. The quantitative estimate of drug-likeness (QED) is 0.831. The van der Waals surface area contributed by atoms with Crippen LogP contribution in [-0.2, 0) is 0 Å². The zero-order chi connectivity index (χ0) is 10.8. The Kier molecular flexibility index (Phi) is 3.00. The fourth-order valence-corrected chi connectivity index (χ4v) is 1.81. The Hall–Kier alpha value is -0.960. The molecule has 1 aromatic carbocycles. The van der Waals surface area contributed by atoms with Gasteiger partial charge in [-0.15, -0.1) is 0 Å². The van der Waals surface area contributed by atoms with Crippen molar-refractivity contribution in [3.05, 3.63) is 57.8 Å². The lowest BCUT2D eigenvalue weighted by Gasteiger charge is -2.11. The molecule has 0 saturated carbocycles. The van der Waals surface area contributed by atoms with E-state index in [1.165, 1.54) is 0 Å². The monoisotopic (exact) mass is 241 g/mol. The number of aliphatic hydroxyl groups is 1. The van der Waals surface area contributed by atoms with Crippen molar-refractivity contribution in [1.82, 2.24) is 4.98 Å². The summed E-state index contributed by atoms with van der Waals surface area (Å²) < 4.78 is 0. The first-order chi connectivity index (χ1) is 7.18. The van der Waals surface area contributed by atoms with Gasteiger partial charge < -0.3 is 10.1 Å². The highest BCUT2D eigenvalue weighted by molar-refractivity contribution is 6.33. The third kappa shape index (κ3) is 2.17. The first kappa shape index (κ1) is 10.6. The maximum Gasteiger partial charge on any atom is 0.120 e. The van der Waals surface area contributed by atoms with E-state index in [2.05, 4.69) is 4.98 Å². The van der Waals surface area contributed by atoms with Crippen LogP contribution in [0.2, 0.25) is 10.0 Å². The molecular formula is C11H9Cl2NO. The molecule has 4 heteroatoms. The number of halogens is 2. The van der Waals surface area contributed by atoms with Gasteiger partial charge in [-0.2, -0.15) is 0 Å². The lowest BCUT2D eigenvalue weighted by Crippen LogP contribution is -2.00. The molecule has 1 aromatic heterocycles. The van der Waals surface area contributed by atoms with Crippen LogP contribution in [0.1, 0.15) is 17.4 Å². The molecule has 2 aromatic rings. The maximum absolute atomic E-state index is 10.0. The second kappa shape index (κ2) is 4.27. The number of H-pyrrole nitrogens is 1. The lowest BCUT2D eigenvalue weighted by atomic mass is 10.1. The minimum absolute atomic E-state index is 0.501. The number of nitrogens with one attached hydrogen (secondary N) is 1. The first-order valence-corrected chi connectivity index (χ1v) is 5.20. The average molecular weight is 242 g/mol. The van der Waals surface area contributed by atoms with Gasteiger partial charge in [0.05, 0.1) is 0 Å². The minimum atomic E-state index is -0.772. The van der Waals surface area contributed by atoms with Crippen LogP contribution in [0.15, 0.2) is 36.5 Å². The van der Waals surface area contributed by atoms with E-state index in [-0.39, 0.29) is 0 Å². The van der Waals surface area contributed by atoms with Crippen LogP contribution in [-0.4, -0.2) is 10.1 Å². The van der Waals surface area contributed by atoms with Crippen molar-refractivity contribution in [3.63, 3.8) is 0 Å². The third-order valence-electron chi connectivity index (χ3n) is 2.17.